The molecule has 0 aliphatic carbocycles. The van der Waals surface area contributed by atoms with Crippen LogP contribution in [0.1, 0.15) is 12.8 Å². The van der Waals surface area contributed by atoms with E-state index in [4.69, 9.17) is 0 Å². The van der Waals surface area contributed by atoms with E-state index in [1.54, 1.807) is 6.07 Å². The van der Waals surface area contributed by atoms with Crippen LogP contribution in [0.3, 0.4) is 0 Å². The van der Waals surface area contributed by atoms with Crippen LogP contribution in [0.4, 0.5) is 15.0 Å². The normalized spacial score (nSPS) is 14.4. The first-order chi connectivity index (χ1) is 11.1. The Bertz CT molecular complexity index is 736. The molecule has 1 aromatic carbocycles. The molecule has 1 fully saturated rings. The molecule has 0 atom stereocenters. The number of carbonyl (C=O) groups excluding carboxylic acids is 2. The number of nitrogens with zero attached hydrogens (tertiary/aromatic N) is 3. The summed E-state index contributed by atoms with van der Waals surface area (Å²) in [6.07, 6.45) is 2.85. The van der Waals surface area contributed by atoms with Crippen molar-refractivity contribution in [1.29, 1.82) is 0 Å². The van der Waals surface area contributed by atoms with Crippen molar-refractivity contribution in [3.05, 3.63) is 30.3 Å². The third-order valence-electron chi connectivity index (χ3n) is 3.64. The van der Waals surface area contributed by atoms with E-state index < -0.39 is 0 Å². The molecule has 1 aliphatic rings. The van der Waals surface area contributed by atoms with Gasteiger partial charge in [0.15, 0.2) is 0 Å². The molecule has 23 heavy (non-hydrogen) atoms. The second-order valence-corrected chi connectivity index (χ2v) is 5.22. The SMILES string of the molecule is O=C1CNC(=O)N1CCCCNc1ncnc2cc(F)ccc12. The van der Waals surface area contributed by atoms with Gasteiger partial charge in [-0.1, -0.05) is 0 Å². The van der Waals surface area contributed by atoms with Crippen molar-refractivity contribution in [2.45, 2.75) is 12.8 Å². The largest absolute Gasteiger partial charge is 0.369 e. The lowest BCUT2D eigenvalue weighted by Crippen LogP contribution is -2.32. The van der Waals surface area contributed by atoms with Crippen LogP contribution in [0.15, 0.2) is 24.5 Å². The van der Waals surface area contributed by atoms with Crippen molar-refractivity contribution >= 4 is 28.7 Å². The Balaban J connectivity index is 1.51. The minimum atomic E-state index is -0.337. The molecule has 1 aromatic heterocycles. The zero-order chi connectivity index (χ0) is 16.2. The Kier molecular flexibility index (Phi) is 4.31. The van der Waals surface area contributed by atoms with E-state index in [0.717, 1.165) is 11.8 Å². The average Bonchev–Trinajstić information content (AvgIpc) is 2.86. The molecule has 1 aliphatic heterocycles. The molecule has 2 aromatic rings. The van der Waals surface area contributed by atoms with Crippen molar-refractivity contribution in [3.8, 4) is 0 Å². The molecule has 3 amide bonds. The molecule has 0 radical (unpaired) electrons. The van der Waals surface area contributed by atoms with Gasteiger partial charge in [-0.05, 0) is 25.0 Å². The van der Waals surface area contributed by atoms with Gasteiger partial charge in [0.2, 0.25) is 5.91 Å². The highest BCUT2D eigenvalue weighted by atomic mass is 19.1. The fraction of sp³-hybridized carbons (Fsp3) is 0.333. The van der Waals surface area contributed by atoms with Gasteiger partial charge < -0.3 is 10.6 Å². The van der Waals surface area contributed by atoms with Crippen LogP contribution in [-0.4, -0.2) is 46.4 Å². The number of nitrogens with one attached hydrogen (secondary N) is 2. The first-order valence-corrected chi connectivity index (χ1v) is 7.37. The van der Waals surface area contributed by atoms with Crippen LogP contribution in [0.2, 0.25) is 0 Å². The Morgan fingerprint density at radius 1 is 1.26 bits per heavy atom. The lowest BCUT2D eigenvalue weighted by Gasteiger charge is -2.12. The third-order valence-corrected chi connectivity index (χ3v) is 3.64. The standard InChI is InChI=1S/C15H16FN5O2/c16-10-3-4-11-12(7-10)19-9-20-14(11)17-5-1-2-6-21-13(22)8-18-15(21)23/h3-4,7,9H,1-2,5-6,8H2,(H,18,23)(H,17,19,20). The fourth-order valence-electron chi connectivity index (χ4n) is 2.45. The summed E-state index contributed by atoms with van der Waals surface area (Å²) >= 11 is 0. The number of fused-ring (bicyclic) bond motifs is 1. The molecule has 2 heterocycles. The van der Waals surface area contributed by atoms with Crippen LogP contribution in [0.5, 0.6) is 0 Å². The number of benzene rings is 1. The Hall–Kier alpha value is -2.77. The average molecular weight is 317 g/mol. The first kappa shape index (κ1) is 15.1. The number of rotatable bonds is 6. The lowest BCUT2D eigenvalue weighted by atomic mass is 10.2. The molecule has 8 heteroatoms. The van der Waals surface area contributed by atoms with Gasteiger partial charge in [0.25, 0.3) is 0 Å². The van der Waals surface area contributed by atoms with Gasteiger partial charge in [0.05, 0.1) is 12.1 Å². The van der Waals surface area contributed by atoms with E-state index in [-0.39, 0.29) is 24.3 Å². The van der Waals surface area contributed by atoms with E-state index in [0.29, 0.717) is 30.8 Å². The second-order valence-electron chi connectivity index (χ2n) is 5.22. The molecule has 0 spiro atoms. The molecular weight excluding hydrogens is 301 g/mol. The van der Waals surface area contributed by atoms with Gasteiger partial charge in [-0.3, -0.25) is 9.69 Å². The van der Waals surface area contributed by atoms with E-state index in [1.807, 2.05) is 0 Å². The molecule has 1 saturated heterocycles. The summed E-state index contributed by atoms with van der Waals surface area (Å²) in [7, 11) is 0. The van der Waals surface area contributed by atoms with E-state index in [1.165, 1.54) is 23.4 Å². The molecule has 120 valence electrons. The number of hydrogen-bond acceptors (Lipinski definition) is 5. The third kappa shape index (κ3) is 3.36. The minimum absolute atomic E-state index is 0.0839. The maximum absolute atomic E-state index is 13.2. The van der Waals surface area contributed by atoms with E-state index in [9.17, 15) is 14.0 Å². The Labute approximate surface area is 131 Å². The molecule has 0 unspecified atom stereocenters. The summed E-state index contributed by atoms with van der Waals surface area (Å²) in [5, 5.41) is 6.42. The summed E-state index contributed by atoms with van der Waals surface area (Å²) in [5.41, 5.74) is 0.543. The number of hydrogen-bond donors (Lipinski definition) is 2. The van der Waals surface area contributed by atoms with Gasteiger partial charge >= 0.3 is 6.03 Å². The molecule has 0 saturated carbocycles. The number of amides is 3. The number of anilines is 1. The summed E-state index contributed by atoms with van der Waals surface area (Å²) in [6, 6.07) is 4.04. The number of urea groups is 1. The van der Waals surface area contributed by atoms with Crippen molar-refractivity contribution < 1.29 is 14.0 Å². The van der Waals surface area contributed by atoms with Crippen molar-refractivity contribution in [2.24, 2.45) is 0 Å². The summed E-state index contributed by atoms with van der Waals surface area (Å²) in [4.78, 5) is 32.2. The quantitative estimate of drug-likeness (QED) is 0.623. The zero-order valence-electron chi connectivity index (χ0n) is 12.4. The number of aromatic nitrogens is 2. The highest BCUT2D eigenvalue weighted by Gasteiger charge is 2.27. The monoisotopic (exact) mass is 317 g/mol. The van der Waals surface area contributed by atoms with Crippen LogP contribution in [0.25, 0.3) is 10.9 Å². The smallest absolute Gasteiger partial charge is 0.324 e. The summed E-state index contributed by atoms with van der Waals surface area (Å²) in [5.74, 6) is 0.118. The highest BCUT2D eigenvalue weighted by Crippen LogP contribution is 2.19. The van der Waals surface area contributed by atoms with E-state index >= 15 is 0 Å². The van der Waals surface area contributed by atoms with Gasteiger partial charge in [-0.15, -0.1) is 0 Å². The fourth-order valence-corrected chi connectivity index (χ4v) is 2.45. The van der Waals surface area contributed by atoms with Crippen molar-refractivity contribution in [2.75, 3.05) is 25.0 Å². The molecule has 7 nitrogen and oxygen atoms in total. The number of unbranched alkanes of at least 4 members (excludes halogenated alkanes) is 1. The van der Waals surface area contributed by atoms with Gasteiger partial charge in [-0.25, -0.2) is 19.2 Å². The van der Waals surface area contributed by atoms with Crippen LogP contribution in [-0.2, 0) is 4.79 Å². The molecular formula is C15H16FN5O2. The first-order valence-electron chi connectivity index (χ1n) is 7.37. The minimum Gasteiger partial charge on any atom is -0.369 e. The second kappa shape index (κ2) is 6.55. The van der Waals surface area contributed by atoms with Gasteiger partial charge in [0, 0.05) is 24.5 Å². The highest BCUT2D eigenvalue weighted by molar-refractivity contribution is 6.01. The lowest BCUT2D eigenvalue weighted by molar-refractivity contribution is -0.125. The molecule has 2 N–H and O–H groups in total. The van der Waals surface area contributed by atoms with Crippen molar-refractivity contribution in [3.63, 3.8) is 0 Å². The number of halogens is 1. The van der Waals surface area contributed by atoms with E-state index in [2.05, 4.69) is 20.6 Å². The predicted octanol–water partition coefficient (Wildman–Crippen LogP) is 1.51. The maximum Gasteiger partial charge on any atom is 0.324 e. The van der Waals surface area contributed by atoms with Crippen LogP contribution >= 0.6 is 0 Å². The van der Waals surface area contributed by atoms with Gasteiger partial charge in [-0.2, -0.15) is 0 Å². The molecule has 0 bridgehead atoms. The maximum atomic E-state index is 13.2. The summed E-state index contributed by atoms with van der Waals surface area (Å²) < 4.78 is 13.2. The molecule has 3 rings (SSSR count). The Morgan fingerprint density at radius 3 is 2.91 bits per heavy atom. The predicted molar refractivity (Wildman–Crippen MR) is 82.3 cm³/mol. The zero-order valence-corrected chi connectivity index (χ0v) is 12.4. The topological polar surface area (TPSA) is 87.2 Å². The number of carbonyl (C=O) groups is 2. The van der Waals surface area contributed by atoms with Gasteiger partial charge in [0.1, 0.15) is 18.0 Å². The van der Waals surface area contributed by atoms with Crippen molar-refractivity contribution in [1.82, 2.24) is 20.2 Å². The Morgan fingerprint density at radius 2 is 2.13 bits per heavy atom. The van der Waals surface area contributed by atoms with Crippen LogP contribution < -0.4 is 10.6 Å². The number of imide groups is 1. The van der Waals surface area contributed by atoms with Crippen LogP contribution in [0, 0.1) is 5.82 Å². The summed E-state index contributed by atoms with van der Waals surface area (Å²) in [6.45, 7) is 1.12.